The maximum Gasteiger partial charge on any atom is 0.118 e. The van der Waals surface area contributed by atoms with Crippen LogP contribution in [-0.4, -0.2) is 43.9 Å². The van der Waals surface area contributed by atoms with Crippen LogP contribution in [-0.2, 0) is 4.74 Å². The first-order valence-corrected chi connectivity index (χ1v) is 5.65. The average Bonchev–Trinajstić information content (AvgIpc) is 2.79. The number of hydrogen-bond acceptors (Lipinski definition) is 4. The van der Waals surface area contributed by atoms with E-state index in [2.05, 4.69) is 15.4 Å². The predicted octanol–water partition coefficient (Wildman–Crippen LogP) is 0.962. The van der Waals surface area contributed by atoms with Gasteiger partial charge in [0.2, 0.25) is 0 Å². The Balaban J connectivity index is 1.78. The zero-order valence-corrected chi connectivity index (χ0v) is 9.33. The van der Waals surface area contributed by atoms with E-state index in [0.717, 1.165) is 24.4 Å². The van der Waals surface area contributed by atoms with Gasteiger partial charge in [0.05, 0.1) is 19.4 Å². The van der Waals surface area contributed by atoms with Crippen LogP contribution in [0.1, 0.15) is 19.3 Å². The van der Waals surface area contributed by atoms with Crippen LogP contribution in [0.5, 0.6) is 0 Å². The summed E-state index contributed by atoms with van der Waals surface area (Å²) in [7, 11) is 1.71. The molecule has 1 saturated heterocycles. The van der Waals surface area contributed by atoms with E-state index in [1.807, 2.05) is 6.08 Å². The van der Waals surface area contributed by atoms with Crippen molar-refractivity contribution < 1.29 is 4.74 Å². The zero-order valence-electron chi connectivity index (χ0n) is 9.33. The first-order chi connectivity index (χ1) is 7.38. The van der Waals surface area contributed by atoms with E-state index in [0.29, 0.717) is 6.54 Å². The van der Waals surface area contributed by atoms with Gasteiger partial charge in [0.15, 0.2) is 0 Å². The average molecular weight is 209 g/mol. The molecule has 2 aliphatic heterocycles. The lowest BCUT2D eigenvalue weighted by molar-refractivity contribution is 0.278. The Hall–Kier alpha value is -1.03. The van der Waals surface area contributed by atoms with Gasteiger partial charge in [-0.2, -0.15) is 5.10 Å². The third kappa shape index (κ3) is 2.96. The van der Waals surface area contributed by atoms with Gasteiger partial charge >= 0.3 is 0 Å². The highest BCUT2D eigenvalue weighted by atomic mass is 16.5. The number of likely N-dealkylation sites (tertiary alicyclic amines) is 1. The van der Waals surface area contributed by atoms with Gasteiger partial charge in [-0.3, -0.25) is 0 Å². The smallest absolute Gasteiger partial charge is 0.118 e. The minimum absolute atomic E-state index is 0.712. The number of hydrogen-bond donors (Lipinski definition) is 1. The molecule has 15 heavy (non-hydrogen) atoms. The maximum absolute atomic E-state index is 5.20. The number of rotatable bonds is 4. The summed E-state index contributed by atoms with van der Waals surface area (Å²) in [6.45, 7) is 4.33. The summed E-state index contributed by atoms with van der Waals surface area (Å²) in [5, 5.41) is 4.27. The first kappa shape index (κ1) is 10.5. The Bertz CT molecular complexity index is 267. The minimum Gasteiger partial charge on any atom is -0.499 e. The molecule has 0 aromatic rings. The first-order valence-electron chi connectivity index (χ1n) is 5.65. The third-order valence-corrected chi connectivity index (χ3v) is 2.95. The zero-order chi connectivity index (χ0) is 10.5. The molecule has 0 spiro atoms. The van der Waals surface area contributed by atoms with E-state index in [4.69, 9.17) is 4.74 Å². The molecule has 1 fully saturated rings. The summed E-state index contributed by atoms with van der Waals surface area (Å²) in [6, 6.07) is 0. The number of ether oxygens (including phenoxy) is 1. The van der Waals surface area contributed by atoms with Crippen LogP contribution in [0, 0.1) is 0 Å². The molecule has 0 amide bonds. The van der Waals surface area contributed by atoms with Crippen LogP contribution in [0.2, 0.25) is 0 Å². The molecule has 2 aliphatic rings. The van der Waals surface area contributed by atoms with E-state index in [-0.39, 0.29) is 0 Å². The molecular weight excluding hydrogens is 190 g/mol. The van der Waals surface area contributed by atoms with Crippen LogP contribution in [0.3, 0.4) is 0 Å². The van der Waals surface area contributed by atoms with E-state index in [1.54, 1.807) is 7.11 Å². The molecule has 0 radical (unpaired) electrons. The van der Waals surface area contributed by atoms with Gasteiger partial charge in [0.1, 0.15) is 5.76 Å². The van der Waals surface area contributed by atoms with Gasteiger partial charge in [-0.25, -0.2) is 0 Å². The van der Waals surface area contributed by atoms with Crippen molar-refractivity contribution in [3.05, 3.63) is 11.8 Å². The molecule has 0 aliphatic carbocycles. The molecule has 0 atom stereocenters. The van der Waals surface area contributed by atoms with E-state index in [9.17, 15) is 0 Å². The molecule has 1 N–H and O–H groups in total. The quantitative estimate of drug-likeness (QED) is 0.749. The van der Waals surface area contributed by atoms with Crippen molar-refractivity contribution in [1.82, 2.24) is 10.3 Å². The van der Waals surface area contributed by atoms with Gasteiger partial charge in [-0.1, -0.05) is 0 Å². The predicted molar refractivity (Wildman–Crippen MR) is 60.8 cm³/mol. The SMILES string of the molecule is COC1=CC(CCN2CCCC2)=NNC1. The molecule has 4 nitrogen and oxygen atoms in total. The van der Waals surface area contributed by atoms with E-state index in [1.165, 1.54) is 25.9 Å². The fraction of sp³-hybridized carbons (Fsp3) is 0.727. The van der Waals surface area contributed by atoms with Crippen molar-refractivity contribution >= 4 is 5.71 Å². The van der Waals surface area contributed by atoms with Crippen LogP contribution in [0.25, 0.3) is 0 Å². The summed E-state index contributed by atoms with van der Waals surface area (Å²) < 4.78 is 5.20. The van der Waals surface area contributed by atoms with Gasteiger partial charge in [0.25, 0.3) is 0 Å². The van der Waals surface area contributed by atoms with Gasteiger partial charge in [-0.05, 0) is 25.9 Å². The van der Waals surface area contributed by atoms with Crippen LogP contribution in [0.15, 0.2) is 16.9 Å². The molecule has 0 unspecified atom stereocenters. The van der Waals surface area contributed by atoms with Crippen molar-refractivity contribution in [2.75, 3.05) is 33.3 Å². The Labute approximate surface area is 91.0 Å². The highest BCUT2D eigenvalue weighted by molar-refractivity contribution is 5.95. The van der Waals surface area contributed by atoms with E-state index >= 15 is 0 Å². The Morgan fingerprint density at radius 3 is 3.00 bits per heavy atom. The van der Waals surface area contributed by atoms with E-state index < -0.39 is 0 Å². The summed E-state index contributed by atoms with van der Waals surface area (Å²) in [4.78, 5) is 2.50. The highest BCUT2D eigenvalue weighted by Crippen LogP contribution is 2.09. The van der Waals surface area contributed by atoms with Crippen LogP contribution < -0.4 is 5.43 Å². The molecule has 2 heterocycles. The van der Waals surface area contributed by atoms with Crippen molar-refractivity contribution in [3.8, 4) is 0 Å². The van der Waals surface area contributed by atoms with Crippen molar-refractivity contribution in [3.63, 3.8) is 0 Å². The van der Waals surface area contributed by atoms with Gasteiger partial charge < -0.3 is 15.1 Å². The minimum atomic E-state index is 0.712. The van der Waals surface area contributed by atoms with Gasteiger partial charge in [0, 0.05) is 19.0 Å². The highest BCUT2D eigenvalue weighted by Gasteiger charge is 2.13. The largest absolute Gasteiger partial charge is 0.499 e. The molecule has 0 aromatic carbocycles. The fourth-order valence-electron chi connectivity index (χ4n) is 2.03. The molecule has 0 saturated carbocycles. The van der Waals surface area contributed by atoms with Crippen molar-refractivity contribution in [1.29, 1.82) is 0 Å². The molecule has 4 heteroatoms. The Morgan fingerprint density at radius 2 is 2.27 bits per heavy atom. The number of nitrogens with zero attached hydrogens (tertiary/aromatic N) is 2. The summed E-state index contributed by atoms with van der Waals surface area (Å²) in [5.41, 5.74) is 4.09. The lowest BCUT2D eigenvalue weighted by Crippen LogP contribution is -2.25. The standard InChI is InChI=1S/C11H19N3O/c1-15-11-8-10(13-12-9-11)4-7-14-5-2-3-6-14/h8,12H,2-7,9H2,1H3. The van der Waals surface area contributed by atoms with Gasteiger partial charge in [-0.15, -0.1) is 0 Å². The number of hydrazone groups is 1. The van der Waals surface area contributed by atoms with Crippen molar-refractivity contribution in [2.45, 2.75) is 19.3 Å². The summed E-state index contributed by atoms with van der Waals surface area (Å²) in [5.74, 6) is 0.974. The molecule has 84 valence electrons. The monoisotopic (exact) mass is 209 g/mol. The molecule has 0 aromatic heterocycles. The molecule has 0 bridgehead atoms. The summed E-state index contributed by atoms with van der Waals surface area (Å²) >= 11 is 0. The molecular formula is C11H19N3O. The topological polar surface area (TPSA) is 36.9 Å². The number of allylic oxidation sites excluding steroid dienone is 1. The van der Waals surface area contributed by atoms with Crippen LogP contribution >= 0.6 is 0 Å². The lowest BCUT2D eigenvalue weighted by Gasteiger charge is -2.17. The third-order valence-electron chi connectivity index (χ3n) is 2.95. The Morgan fingerprint density at radius 1 is 1.47 bits per heavy atom. The van der Waals surface area contributed by atoms with Crippen LogP contribution in [0.4, 0.5) is 0 Å². The second-order valence-corrected chi connectivity index (χ2v) is 4.05. The fourth-order valence-corrected chi connectivity index (χ4v) is 2.03. The Kier molecular flexibility index (Phi) is 3.61. The second kappa shape index (κ2) is 5.16. The lowest BCUT2D eigenvalue weighted by atomic mass is 10.2. The maximum atomic E-state index is 5.20. The normalized spacial score (nSPS) is 21.9. The number of methoxy groups -OCH3 is 1. The molecule has 2 rings (SSSR count). The second-order valence-electron chi connectivity index (χ2n) is 4.05. The summed E-state index contributed by atoms with van der Waals surface area (Å²) in [6.07, 6.45) is 5.76. The van der Waals surface area contributed by atoms with Crippen molar-refractivity contribution in [2.24, 2.45) is 5.10 Å². The number of nitrogens with one attached hydrogen (secondary N) is 1.